The molecule has 0 fully saturated rings. The molecule has 3 aromatic heterocycles. The van der Waals surface area contributed by atoms with Gasteiger partial charge in [-0.1, -0.05) is 35.9 Å². The van der Waals surface area contributed by atoms with Gasteiger partial charge in [0.15, 0.2) is 0 Å². The summed E-state index contributed by atoms with van der Waals surface area (Å²) in [4.78, 5) is 23.0. The van der Waals surface area contributed by atoms with Gasteiger partial charge in [0, 0.05) is 41.9 Å². The van der Waals surface area contributed by atoms with Crippen molar-refractivity contribution in [1.82, 2.24) is 20.3 Å². The Bertz CT molecular complexity index is 1250. The number of carbonyl (C=O) groups excluding carboxylic acids is 1. The van der Waals surface area contributed by atoms with Crippen molar-refractivity contribution >= 4 is 62.0 Å². The second-order valence-electron chi connectivity index (χ2n) is 6.56. The van der Waals surface area contributed by atoms with Crippen LogP contribution in [0.4, 0.5) is 0 Å². The Morgan fingerprint density at radius 1 is 0.906 bits per heavy atom. The molecule has 10 heteroatoms. The van der Waals surface area contributed by atoms with Gasteiger partial charge in [0.1, 0.15) is 5.15 Å². The topological polar surface area (TPSA) is 84.8 Å². The van der Waals surface area contributed by atoms with E-state index in [1.54, 1.807) is 48.9 Å². The third-order valence-corrected chi connectivity index (χ3v) is 6.58. The fourth-order valence-electron chi connectivity index (χ4n) is 2.74. The summed E-state index contributed by atoms with van der Waals surface area (Å²) in [5.74, 6) is -3.01. The lowest BCUT2D eigenvalue weighted by molar-refractivity contribution is -0.121. The molecule has 6 nitrogen and oxygen atoms in total. The second kappa shape index (κ2) is 11.4. The molecule has 1 aliphatic heterocycles. The Labute approximate surface area is 199 Å². The highest BCUT2D eigenvalue weighted by atomic mass is 35.9. The van der Waals surface area contributed by atoms with Gasteiger partial charge in [0.25, 0.3) is 5.85 Å². The number of pyridine rings is 3. The minimum atomic E-state index is -3.07. The zero-order chi connectivity index (χ0) is 23.0. The van der Waals surface area contributed by atoms with Gasteiger partial charge in [0.05, 0.1) is 17.6 Å². The number of fused-ring (bicyclic) bond motifs is 2. The first kappa shape index (κ1) is 24.1. The van der Waals surface area contributed by atoms with Gasteiger partial charge in [-0.3, -0.25) is 19.3 Å². The largest absolute Gasteiger partial charge is 0.352 e. The van der Waals surface area contributed by atoms with E-state index in [-0.39, 0.29) is 5.91 Å². The molecule has 0 aliphatic carbocycles. The summed E-state index contributed by atoms with van der Waals surface area (Å²) in [6.45, 7) is 0.627. The molecule has 0 atom stereocenters. The standard InChI is InChI=1S/C8H5ClN2.C8H8N2O.C6H5Cl2OP/c9-8-4-7-6(5-11-8)2-1-3-10-7;11-8-4-7-6(5-10-8)2-1-3-9-7;7-10(8,9)6-4-2-1-3-5-6/h1-5H;1-3H,4-5H2,(H,10,11);1-5H. The van der Waals surface area contributed by atoms with Crippen molar-refractivity contribution in [3.63, 3.8) is 0 Å². The molecule has 1 N–H and O–H groups in total. The SMILES string of the molecule is Clc1cc2ncccc2cn1.O=C1Cc2ncccc2CN1.O=P(Cl)(Cl)c1ccccc1. The van der Waals surface area contributed by atoms with E-state index in [0.717, 1.165) is 22.2 Å². The Morgan fingerprint density at radius 3 is 2.34 bits per heavy atom. The lowest BCUT2D eigenvalue weighted by Gasteiger charge is -2.14. The molecule has 1 amide bonds. The summed E-state index contributed by atoms with van der Waals surface area (Å²) in [6.07, 6.45) is 5.59. The van der Waals surface area contributed by atoms with Crippen LogP contribution in [0.5, 0.6) is 0 Å². The summed E-state index contributed by atoms with van der Waals surface area (Å²) < 4.78 is 10.9. The number of nitrogens with zero attached hydrogens (tertiary/aromatic N) is 3. The summed E-state index contributed by atoms with van der Waals surface area (Å²) >= 11 is 16.4. The third-order valence-electron chi connectivity index (χ3n) is 4.30. The van der Waals surface area contributed by atoms with Crippen molar-refractivity contribution in [2.75, 3.05) is 0 Å². The van der Waals surface area contributed by atoms with Gasteiger partial charge < -0.3 is 5.32 Å². The fraction of sp³-hybridized carbons (Fsp3) is 0.0909. The lowest BCUT2D eigenvalue weighted by Crippen LogP contribution is -2.30. The quantitative estimate of drug-likeness (QED) is 0.271. The minimum Gasteiger partial charge on any atom is -0.352 e. The van der Waals surface area contributed by atoms with Crippen LogP contribution in [0.15, 0.2) is 79.3 Å². The van der Waals surface area contributed by atoms with Crippen LogP contribution in [0.1, 0.15) is 11.3 Å². The summed E-state index contributed by atoms with van der Waals surface area (Å²) in [6, 6.07) is 18.0. The highest BCUT2D eigenvalue weighted by molar-refractivity contribution is 8.13. The highest BCUT2D eigenvalue weighted by Crippen LogP contribution is 2.54. The number of rotatable bonds is 1. The first-order valence-corrected chi connectivity index (χ1v) is 13.3. The molecule has 1 aromatic carbocycles. The number of amides is 1. The minimum absolute atomic E-state index is 0.0659. The first-order valence-electron chi connectivity index (χ1n) is 9.43. The Balaban J connectivity index is 0.000000136. The van der Waals surface area contributed by atoms with Gasteiger partial charge in [-0.2, -0.15) is 0 Å². The molecule has 0 saturated carbocycles. The normalized spacial score (nSPS) is 12.4. The van der Waals surface area contributed by atoms with Crippen molar-refractivity contribution in [2.45, 2.75) is 13.0 Å². The maximum Gasteiger partial charge on any atom is 0.281 e. The number of benzene rings is 1. The van der Waals surface area contributed by atoms with Crippen LogP contribution in [0.25, 0.3) is 10.9 Å². The van der Waals surface area contributed by atoms with Crippen molar-refractivity contribution in [3.8, 4) is 0 Å². The van der Waals surface area contributed by atoms with Crippen LogP contribution in [0.3, 0.4) is 0 Å². The van der Waals surface area contributed by atoms with Gasteiger partial charge in [-0.05, 0) is 58.4 Å². The van der Waals surface area contributed by atoms with E-state index in [0.29, 0.717) is 23.4 Å². The fourth-order valence-corrected chi connectivity index (χ4v) is 4.09. The van der Waals surface area contributed by atoms with Crippen LogP contribution < -0.4 is 10.6 Å². The number of carbonyl (C=O) groups is 1. The lowest BCUT2D eigenvalue weighted by atomic mass is 10.1. The molecule has 0 unspecified atom stereocenters. The zero-order valence-corrected chi connectivity index (χ0v) is 19.8. The van der Waals surface area contributed by atoms with Crippen molar-refractivity contribution in [2.24, 2.45) is 0 Å². The smallest absolute Gasteiger partial charge is 0.281 e. The molecule has 4 heterocycles. The Kier molecular flexibility index (Phi) is 8.60. The third kappa shape index (κ3) is 7.28. The van der Waals surface area contributed by atoms with Crippen LogP contribution in [0.2, 0.25) is 5.15 Å². The molecule has 5 rings (SSSR count). The number of hydrogen-bond donors (Lipinski definition) is 1. The van der Waals surface area contributed by atoms with Gasteiger partial charge >= 0.3 is 0 Å². The maximum atomic E-state index is 10.9. The molecule has 4 aromatic rings. The van der Waals surface area contributed by atoms with E-state index in [1.807, 2.05) is 30.3 Å². The van der Waals surface area contributed by atoms with E-state index in [9.17, 15) is 9.36 Å². The number of aromatic nitrogens is 3. The van der Waals surface area contributed by atoms with Crippen LogP contribution in [-0.4, -0.2) is 20.9 Å². The van der Waals surface area contributed by atoms with Gasteiger partial charge in [0.2, 0.25) is 5.91 Å². The molecule has 0 radical (unpaired) electrons. The van der Waals surface area contributed by atoms with E-state index in [1.165, 1.54) is 0 Å². The summed E-state index contributed by atoms with van der Waals surface area (Å²) in [7, 11) is 0. The summed E-state index contributed by atoms with van der Waals surface area (Å²) in [5, 5.41) is 4.74. The van der Waals surface area contributed by atoms with E-state index >= 15 is 0 Å². The van der Waals surface area contributed by atoms with Crippen LogP contribution >= 0.6 is 39.9 Å². The van der Waals surface area contributed by atoms with Crippen LogP contribution in [-0.2, 0) is 22.3 Å². The maximum absolute atomic E-state index is 10.9. The zero-order valence-electron chi connectivity index (χ0n) is 16.7. The average Bonchev–Trinajstić information content (AvgIpc) is 2.80. The molecule has 32 heavy (non-hydrogen) atoms. The van der Waals surface area contributed by atoms with E-state index < -0.39 is 5.85 Å². The molecule has 1 aliphatic rings. The predicted molar refractivity (Wildman–Crippen MR) is 130 cm³/mol. The van der Waals surface area contributed by atoms with Gasteiger partial charge in [-0.15, -0.1) is 0 Å². The predicted octanol–water partition coefficient (Wildman–Crippen LogP) is 5.52. The van der Waals surface area contributed by atoms with E-state index in [2.05, 4.69) is 20.3 Å². The molecular formula is C22H18Cl3N4O2P. The van der Waals surface area contributed by atoms with Crippen LogP contribution in [0, 0.1) is 0 Å². The molecule has 0 bridgehead atoms. The van der Waals surface area contributed by atoms with Crippen molar-refractivity contribution in [1.29, 1.82) is 0 Å². The first-order chi connectivity index (χ1) is 15.3. The second-order valence-corrected chi connectivity index (χ2v) is 11.8. The molecule has 164 valence electrons. The van der Waals surface area contributed by atoms with Crippen molar-refractivity contribution in [3.05, 3.63) is 95.7 Å². The monoisotopic (exact) mass is 506 g/mol. The summed E-state index contributed by atoms with van der Waals surface area (Å²) in [5.41, 5.74) is 2.93. The Hall–Kier alpha value is -2.50. The molecule has 0 saturated heterocycles. The molecular weight excluding hydrogens is 490 g/mol. The van der Waals surface area contributed by atoms with Gasteiger partial charge in [-0.25, -0.2) is 4.98 Å². The highest BCUT2D eigenvalue weighted by Gasteiger charge is 2.15. The number of nitrogens with one attached hydrogen (secondary N) is 1. The average molecular weight is 508 g/mol. The molecule has 0 spiro atoms. The van der Waals surface area contributed by atoms with E-state index in [4.69, 9.17) is 34.1 Å². The number of hydrogen-bond acceptors (Lipinski definition) is 5. The number of halogens is 3. The van der Waals surface area contributed by atoms with Crippen molar-refractivity contribution < 1.29 is 9.36 Å². The Morgan fingerprint density at radius 2 is 1.62 bits per heavy atom.